The molecule has 7 nitrogen and oxygen atoms in total. The number of carbonyl (C=O) groups is 2. The fourth-order valence-electron chi connectivity index (χ4n) is 2.83. The van der Waals surface area contributed by atoms with Crippen molar-refractivity contribution in [3.8, 4) is 5.69 Å². The van der Waals surface area contributed by atoms with Crippen molar-refractivity contribution in [2.24, 2.45) is 0 Å². The Kier molecular flexibility index (Phi) is 3.24. The van der Waals surface area contributed by atoms with E-state index in [-0.39, 0.29) is 24.1 Å². The molecule has 0 bridgehead atoms. The molecular weight excluding hydrogens is 330 g/mol. The van der Waals surface area contributed by atoms with E-state index >= 15 is 0 Å². The molecule has 0 unspecified atom stereocenters. The van der Waals surface area contributed by atoms with Gasteiger partial charge in [0.05, 0.1) is 28.5 Å². The van der Waals surface area contributed by atoms with E-state index in [1.54, 1.807) is 42.3 Å². The summed E-state index contributed by atoms with van der Waals surface area (Å²) < 4.78 is 3.10. The van der Waals surface area contributed by atoms with Gasteiger partial charge in [-0.25, -0.2) is 9.97 Å². The summed E-state index contributed by atoms with van der Waals surface area (Å²) in [6.45, 7) is 0.250. The first kappa shape index (κ1) is 14.6. The van der Waals surface area contributed by atoms with E-state index < -0.39 is 0 Å². The number of rotatable bonds is 1. The number of nitrogens with zero attached hydrogens (tertiary/aromatic N) is 5. The molecule has 0 N–H and O–H groups in total. The Balaban J connectivity index is 1.93. The van der Waals surface area contributed by atoms with Crippen LogP contribution in [0.4, 0.5) is 0 Å². The molecule has 0 spiro atoms. The zero-order valence-electron chi connectivity index (χ0n) is 12.7. The van der Waals surface area contributed by atoms with Crippen molar-refractivity contribution in [1.29, 1.82) is 0 Å². The van der Waals surface area contributed by atoms with Gasteiger partial charge >= 0.3 is 0 Å². The second kappa shape index (κ2) is 5.31. The summed E-state index contributed by atoms with van der Waals surface area (Å²) in [7, 11) is 1.67. The third-order valence-corrected chi connectivity index (χ3v) is 4.32. The van der Waals surface area contributed by atoms with Gasteiger partial charge in [0.25, 0.3) is 11.8 Å². The van der Waals surface area contributed by atoms with Gasteiger partial charge in [-0.05, 0) is 12.1 Å². The van der Waals surface area contributed by atoms with Crippen LogP contribution in [0.25, 0.3) is 5.69 Å². The van der Waals surface area contributed by atoms with Gasteiger partial charge in [-0.3, -0.25) is 18.7 Å². The van der Waals surface area contributed by atoms with Crippen molar-refractivity contribution < 1.29 is 9.59 Å². The highest BCUT2D eigenvalue weighted by atomic mass is 35.5. The Morgan fingerprint density at radius 2 is 2.12 bits per heavy atom. The van der Waals surface area contributed by atoms with Crippen LogP contribution in [0, 0.1) is 0 Å². The summed E-state index contributed by atoms with van der Waals surface area (Å²) in [5.74, 6) is -0.493. The summed E-state index contributed by atoms with van der Waals surface area (Å²) in [6, 6.07) is 5.22. The van der Waals surface area contributed by atoms with Crippen molar-refractivity contribution >= 4 is 23.4 Å². The molecule has 1 aromatic carbocycles. The van der Waals surface area contributed by atoms with Gasteiger partial charge in [-0.1, -0.05) is 17.7 Å². The molecule has 24 heavy (non-hydrogen) atoms. The van der Waals surface area contributed by atoms with Gasteiger partial charge in [0.2, 0.25) is 0 Å². The van der Waals surface area contributed by atoms with Crippen molar-refractivity contribution in [2.75, 3.05) is 7.05 Å². The number of hydrogen-bond acceptors (Lipinski definition) is 4. The third kappa shape index (κ3) is 2.05. The predicted octanol–water partition coefficient (Wildman–Crippen LogP) is 2.00. The molecule has 0 saturated heterocycles. The van der Waals surface area contributed by atoms with Crippen LogP contribution in [0.15, 0.2) is 43.2 Å². The van der Waals surface area contributed by atoms with Crippen molar-refractivity contribution in [3.05, 3.63) is 65.2 Å². The van der Waals surface area contributed by atoms with Crippen molar-refractivity contribution in [1.82, 2.24) is 24.0 Å². The lowest BCUT2D eigenvalue weighted by Crippen LogP contribution is -2.26. The van der Waals surface area contributed by atoms with Crippen LogP contribution in [0.3, 0.4) is 0 Å². The van der Waals surface area contributed by atoms with Gasteiger partial charge in [0.1, 0.15) is 12.7 Å². The molecule has 3 heterocycles. The molecule has 0 radical (unpaired) electrons. The molecule has 0 saturated carbocycles. The Hall–Kier alpha value is -2.93. The zero-order chi connectivity index (χ0) is 16.8. The molecular formula is C16H12ClN5O2. The quantitative estimate of drug-likeness (QED) is 0.678. The maximum Gasteiger partial charge on any atom is 0.283 e. The number of imidazole rings is 2. The van der Waals surface area contributed by atoms with E-state index in [0.29, 0.717) is 22.0 Å². The van der Waals surface area contributed by atoms with Crippen LogP contribution < -0.4 is 0 Å². The number of halogens is 1. The molecule has 1 aliphatic heterocycles. The van der Waals surface area contributed by atoms with Crippen LogP contribution in [0.5, 0.6) is 0 Å². The topological polar surface area (TPSA) is 73.0 Å². The minimum atomic E-state index is -0.299. The number of aromatic nitrogens is 4. The van der Waals surface area contributed by atoms with E-state index in [4.69, 9.17) is 11.6 Å². The lowest BCUT2D eigenvalue weighted by Gasteiger charge is -2.15. The summed E-state index contributed by atoms with van der Waals surface area (Å²) in [5.41, 5.74) is 1.93. The van der Waals surface area contributed by atoms with Gasteiger partial charge in [-0.15, -0.1) is 0 Å². The Labute approximate surface area is 142 Å². The van der Waals surface area contributed by atoms with Crippen molar-refractivity contribution in [3.63, 3.8) is 0 Å². The van der Waals surface area contributed by atoms with E-state index in [1.165, 1.54) is 22.0 Å². The largest absolute Gasteiger partial charge is 0.336 e. The second-order valence-electron chi connectivity index (χ2n) is 5.48. The van der Waals surface area contributed by atoms with Gasteiger partial charge in [-0.2, -0.15) is 0 Å². The maximum absolute atomic E-state index is 12.6. The molecule has 8 heteroatoms. The first-order valence-corrected chi connectivity index (χ1v) is 7.59. The minimum absolute atomic E-state index is 0.194. The standard InChI is InChI=1S/C16H12ClN5O2/c1-20-7-12-14(16(24)21-6-5-18-8-21)19-9-22(12)11-4-2-3-10(17)13(11)15(20)23/h2-6,8-9H,7H2,1H3. The number of amides is 1. The normalized spacial score (nSPS) is 13.4. The average Bonchev–Trinajstić information content (AvgIpc) is 3.21. The Morgan fingerprint density at radius 3 is 2.88 bits per heavy atom. The molecule has 4 rings (SSSR count). The lowest BCUT2D eigenvalue weighted by molar-refractivity contribution is 0.0785. The van der Waals surface area contributed by atoms with Crippen LogP contribution in [0.2, 0.25) is 5.02 Å². The zero-order valence-corrected chi connectivity index (χ0v) is 13.4. The fourth-order valence-corrected chi connectivity index (χ4v) is 3.08. The second-order valence-corrected chi connectivity index (χ2v) is 5.89. The lowest BCUT2D eigenvalue weighted by atomic mass is 10.1. The van der Waals surface area contributed by atoms with Crippen LogP contribution in [-0.4, -0.2) is 42.9 Å². The number of hydrogen-bond donors (Lipinski definition) is 0. The molecule has 1 aliphatic rings. The Bertz CT molecular complexity index is 961. The van der Waals surface area contributed by atoms with Crippen LogP contribution in [0.1, 0.15) is 26.5 Å². The highest BCUT2D eigenvalue weighted by Gasteiger charge is 2.30. The third-order valence-electron chi connectivity index (χ3n) is 4.01. The van der Waals surface area contributed by atoms with Gasteiger partial charge in [0, 0.05) is 19.4 Å². The van der Waals surface area contributed by atoms with Crippen LogP contribution in [-0.2, 0) is 6.54 Å². The Morgan fingerprint density at radius 1 is 1.29 bits per heavy atom. The van der Waals surface area contributed by atoms with Crippen molar-refractivity contribution in [2.45, 2.75) is 6.54 Å². The van der Waals surface area contributed by atoms with E-state index in [9.17, 15) is 9.59 Å². The van der Waals surface area contributed by atoms with Gasteiger partial charge < -0.3 is 4.90 Å². The minimum Gasteiger partial charge on any atom is -0.336 e. The molecule has 0 aliphatic carbocycles. The molecule has 120 valence electrons. The smallest absolute Gasteiger partial charge is 0.283 e. The maximum atomic E-state index is 12.6. The number of carbonyl (C=O) groups excluding carboxylic acids is 2. The van der Waals surface area contributed by atoms with Gasteiger partial charge in [0.15, 0.2) is 5.69 Å². The van der Waals surface area contributed by atoms with E-state index in [1.807, 2.05) is 0 Å². The summed E-state index contributed by atoms with van der Waals surface area (Å²) >= 11 is 6.23. The summed E-state index contributed by atoms with van der Waals surface area (Å²) in [6.07, 6.45) is 6.05. The molecule has 1 amide bonds. The monoisotopic (exact) mass is 341 g/mol. The average molecular weight is 342 g/mol. The van der Waals surface area contributed by atoms with E-state index in [2.05, 4.69) is 9.97 Å². The summed E-state index contributed by atoms with van der Waals surface area (Å²) in [4.78, 5) is 35.0. The van der Waals surface area contributed by atoms with Crippen LogP contribution >= 0.6 is 11.6 Å². The first-order chi connectivity index (χ1) is 11.6. The predicted molar refractivity (Wildman–Crippen MR) is 86.3 cm³/mol. The fraction of sp³-hybridized carbons (Fsp3) is 0.125. The molecule has 3 aromatic rings. The SMILES string of the molecule is CN1Cc2c(C(=O)n3ccnc3)ncn2-c2cccc(Cl)c2C1=O. The highest BCUT2D eigenvalue weighted by molar-refractivity contribution is 6.34. The molecule has 0 atom stereocenters. The summed E-state index contributed by atoms with van der Waals surface area (Å²) in [5, 5.41) is 0.369. The number of fused-ring (bicyclic) bond motifs is 3. The molecule has 2 aromatic heterocycles. The highest BCUT2D eigenvalue weighted by Crippen LogP contribution is 2.30. The first-order valence-electron chi connectivity index (χ1n) is 7.21. The number of benzene rings is 1. The van der Waals surface area contributed by atoms with E-state index in [0.717, 1.165) is 0 Å². The molecule has 0 fully saturated rings.